The summed E-state index contributed by atoms with van der Waals surface area (Å²) in [5.41, 5.74) is 2.24. The summed E-state index contributed by atoms with van der Waals surface area (Å²) in [6.45, 7) is 5.24. The standard InChI is InChI=1S/C22H26O5/c1-22(2)26-20-19(24-14-17-11-7-4-8-12-17)18(25-21(20)27-22)15-23-13-16-9-5-3-6-10-16/h3-12,18-21H,13-15H2,1-2H3/t18-,19+,20-,21?/m1/s1. The van der Waals surface area contributed by atoms with E-state index in [1.54, 1.807) is 0 Å². The van der Waals surface area contributed by atoms with E-state index in [9.17, 15) is 0 Å². The van der Waals surface area contributed by atoms with Crippen molar-refractivity contribution in [1.29, 1.82) is 0 Å². The molecule has 0 radical (unpaired) electrons. The first-order valence-corrected chi connectivity index (χ1v) is 9.39. The predicted octanol–water partition coefficient (Wildman–Crippen LogP) is 3.67. The molecule has 27 heavy (non-hydrogen) atoms. The van der Waals surface area contributed by atoms with Crippen LogP contribution in [0.1, 0.15) is 25.0 Å². The number of hydrogen-bond acceptors (Lipinski definition) is 5. The Bertz CT molecular complexity index is 718. The first-order chi connectivity index (χ1) is 13.1. The first kappa shape index (κ1) is 18.6. The second kappa shape index (κ2) is 8.09. The van der Waals surface area contributed by atoms with Gasteiger partial charge in [0.25, 0.3) is 0 Å². The molecule has 2 saturated heterocycles. The molecule has 2 fully saturated rings. The van der Waals surface area contributed by atoms with E-state index in [4.69, 9.17) is 23.7 Å². The lowest BCUT2D eigenvalue weighted by atomic mass is 10.1. The van der Waals surface area contributed by atoms with Gasteiger partial charge in [-0.3, -0.25) is 0 Å². The zero-order chi connectivity index (χ0) is 18.7. The van der Waals surface area contributed by atoms with E-state index in [1.165, 1.54) is 0 Å². The Morgan fingerprint density at radius 2 is 1.48 bits per heavy atom. The van der Waals surface area contributed by atoms with Gasteiger partial charge < -0.3 is 23.7 Å². The van der Waals surface area contributed by atoms with Crippen molar-refractivity contribution in [3.05, 3.63) is 71.8 Å². The molecule has 5 nitrogen and oxygen atoms in total. The summed E-state index contributed by atoms with van der Waals surface area (Å²) in [5, 5.41) is 0. The van der Waals surface area contributed by atoms with Gasteiger partial charge in [-0.05, 0) is 25.0 Å². The highest BCUT2D eigenvalue weighted by atomic mass is 16.8. The van der Waals surface area contributed by atoms with Gasteiger partial charge in [0.1, 0.15) is 18.3 Å². The Morgan fingerprint density at radius 3 is 2.15 bits per heavy atom. The summed E-state index contributed by atoms with van der Waals surface area (Å²) >= 11 is 0. The lowest BCUT2D eigenvalue weighted by Gasteiger charge is -2.26. The fourth-order valence-electron chi connectivity index (χ4n) is 3.52. The molecule has 0 spiro atoms. The SMILES string of the molecule is CC1(C)OC2O[C@H](COCc3ccccc3)[C@H](OCc3ccccc3)[C@H]2O1. The van der Waals surface area contributed by atoms with E-state index in [0.29, 0.717) is 19.8 Å². The zero-order valence-corrected chi connectivity index (χ0v) is 15.7. The fourth-order valence-corrected chi connectivity index (χ4v) is 3.52. The molecule has 2 aliphatic rings. The summed E-state index contributed by atoms with van der Waals surface area (Å²) in [4.78, 5) is 0. The molecule has 2 heterocycles. The van der Waals surface area contributed by atoms with Crippen LogP contribution in [0.15, 0.2) is 60.7 Å². The van der Waals surface area contributed by atoms with Crippen LogP contribution in [0.25, 0.3) is 0 Å². The van der Waals surface area contributed by atoms with Gasteiger partial charge in [-0.25, -0.2) is 0 Å². The molecule has 0 saturated carbocycles. The van der Waals surface area contributed by atoms with Crippen molar-refractivity contribution in [3.8, 4) is 0 Å². The maximum Gasteiger partial charge on any atom is 0.190 e. The molecule has 5 heteroatoms. The van der Waals surface area contributed by atoms with Crippen molar-refractivity contribution in [2.45, 2.75) is 57.5 Å². The van der Waals surface area contributed by atoms with Crippen molar-refractivity contribution < 1.29 is 23.7 Å². The molecule has 2 aliphatic heterocycles. The minimum atomic E-state index is -0.667. The van der Waals surface area contributed by atoms with Gasteiger partial charge in [0.2, 0.25) is 0 Å². The molecule has 0 aromatic heterocycles. The van der Waals surface area contributed by atoms with Crippen LogP contribution < -0.4 is 0 Å². The van der Waals surface area contributed by atoms with Crippen LogP contribution in [0.3, 0.4) is 0 Å². The van der Waals surface area contributed by atoms with Crippen molar-refractivity contribution in [2.75, 3.05) is 6.61 Å². The van der Waals surface area contributed by atoms with Crippen molar-refractivity contribution in [3.63, 3.8) is 0 Å². The Hall–Kier alpha value is -1.76. The molecule has 0 bridgehead atoms. The molecule has 0 amide bonds. The van der Waals surface area contributed by atoms with E-state index in [2.05, 4.69) is 0 Å². The third-order valence-electron chi connectivity index (χ3n) is 4.77. The molecule has 0 N–H and O–H groups in total. The van der Waals surface area contributed by atoms with Gasteiger partial charge in [-0.15, -0.1) is 0 Å². The van der Waals surface area contributed by atoms with E-state index in [-0.39, 0.29) is 18.3 Å². The van der Waals surface area contributed by atoms with Gasteiger partial charge in [0.05, 0.1) is 19.8 Å². The third-order valence-corrected chi connectivity index (χ3v) is 4.77. The highest BCUT2D eigenvalue weighted by Crippen LogP contribution is 2.39. The highest BCUT2D eigenvalue weighted by Gasteiger charge is 2.55. The summed E-state index contributed by atoms with van der Waals surface area (Å²) in [5.74, 6) is -0.667. The number of ether oxygens (including phenoxy) is 5. The molecular formula is C22H26O5. The monoisotopic (exact) mass is 370 g/mol. The summed E-state index contributed by atoms with van der Waals surface area (Å²) in [7, 11) is 0. The largest absolute Gasteiger partial charge is 0.374 e. The van der Waals surface area contributed by atoms with Gasteiger partial charge >= 0.3 is 0 Å². The number of hydrogen-bond donors (Lipinski definition) is 0. The summed E-state index contributed by atoms with van der Waals surface area (Å²) in [6, 6.07) is 20.2. The van der Waals surface area contributed by atoms with E-state index < -0.39 is 12.1 Å². The van der Waals surface area contributed by atoms with E-state index >= 15 is 0 Å². The van der Waals surface area contributed by atoms with Crippen LogP contribution in [-0.2, 0) is 36.9 Å². The van der Waals surface area contributed by atoms with Crippen LogP contribution in [0.5, 0.6) is 0 Å². The molecule has 2 aromatic carbocycles. The first-order valence-electron chi connectivity index (χ1n) is 9.39. The van der Waals surface area contributed by atoms with E-state index in [1.807, 2.05) is 74.5 Å². The Morgan fingerprint density at radius 1 is 0.852 bits per heavy atom. The average Bonchev–Trinajstić information content (AvgIpc) is 3.13. The maximum absolute atomic E-state index is 6.20. The number of fused-ring (bicyclic) bond motifs is 1. The quantitative estimate of drug-likeness (QED) is 0.744. The van der Waals surface area contributed by atoms with Crippen LogP contribution in [0.4, 0.5) is 0 Å². The van der Waals surface area contributed by atoms with Crippen LogP contribution >= 0.6 is 0 Å². The second-order valence-corrected chi connectivity index (χ2v) is 7.41. The minimum absolute atomic E-state index is 0.233. The maximum atomic E-state index is 6.20. The van der Waals surface area contributed by atoms with Crippen molar-refractivity contribution in [2.24, 2.45) is 0 Å². The number of rotatable bonds is 7. The van der Waals surface area contributed by atoms with Crippen molar-refractivity contribution in [1.82, 2.24) is 0 Å². The zero-order valence-electron chi connectivity index (χ0n) is 15.7. The second-order valence-electron chi connectivity index (χ2n) is 7.41. The van der Waals surface area contributed by atoms with Gasteiger partial charge in [-0.1, -0.05) is 60.7 Å². The highest BCUT2D eigenvalue weighted by molar-refractivity contribution is 5.14. The van der Waals surface area contributed by atoms with Crippen molar-refractivity contribution >= 4 is 0 Å². The molecule has 0 aliphatic carbocycles. The van der Waals surface area contributed by atoms with E-state index in [0.717, 1.165) is 11.1 Å². The minimum Gasteiger partial charge on any atom is -0.374 e. The predicted molar refractivity (Wildman–Crippen MR) is 99.8 cm³/mol. The third kappa shape index (κ3) is 4.57. The Labute approximate surface area is 160 Å². The van der Waals surface area contributed by atoms with Crippen LogP contribution in [0, 0.1) is 0 Å². The molecule has 2 aromatic rings. The topological polar surface area (TPSA) is 46.2 Å². The smallest absolute Gasteiger partial charge is 0.190 e. The average molecular weight is 370 g/mol. The summed E-state index contributed by atoms with van der Waals surface area (Å²) in [6.07, 6.45) is -1.16. The molecular weight excluding hydrogens is 344 g/mol. The van der Waals surface area contributed by atoms with Crippen LogP contribution in [-0.4, -0.2) is 37.0 Å². The molecule has 1 unspecified atom stereocenters. The fraction of sp³-hybridized carbons (Fsp3) is 0.455. The van der Waals surface area contributed by atoms with Gasteiger partial charge in [-0.2, -0.15) is 0 Å². The van der Waals surface area contributed by atoms with Gasteiger partial charge in [0, 0.05) is 0 Å². The molecule has 4 atom stereocenters. The normalized spacial score (nSPS) is 29.0. The Balaban J connectivity index is 1.38. The number of benzene rings is 2. The lowest BCUT2D eigenvalue weighted by molar-refractivity contribution is -0.225. The molecule has 4 rings (SSSR count). The molecule has 144 valence electrons. The lowest BCUT2D eigenvalue weighted by Crippen LogP contribution is -2.38. The Kier molecular flexibility index (Phi) is 5.57. The van der Waals surface area contributed by atoms with Gasteiger partial charge in [0.15, 0.2) is 12.1 Å². The van der Waals surface area contributed by atoms with Crippen LogP contribution in [0.2, 0.25) is 0 Å². The summed E-state index contributed by atoms with van der Waals surface area (Å²) < 4.78 is 30.1.